The van der Waals surface area contributed by atoms with Gasteiger partial charge in [-0.05, 0) is 18.1 Å². The first kappa shape index (κ1) is 13.4. The fourth-order valence-corrected chi connectivity index (χ4v) is 1.84. The monoisotopic (exact) mass is 258 g/mol. The lowest BCUT2D eigenvalue weighted by molar-refractivity contribution is -0.121. The number of carbonyl (C=O) groups excluding carboxylic acids is 1. The maximum absolute atomic E-state index is 11.7. The molecule has 0 radical (unpaired) electrons. The van der Waals surface area contributed by atoms with Crippen molar-refractivity contribution in [2.45, 2.75) is 25.4 Å². The van der Waals surface area contributed by atoms with Crippen LogP contribution in [0.5, 0.6) is 0 Å². The third kappa shape index (κ3) is 4.26. The van der Waals surface area contributed by atoms with E-state index in [4.69, 9.17) is 10.2 Å². The lowest BCUT2D eigenvalue weighted by atomic mass is 10.0. The van der Waals surface area contributed by atoms with E-state index in [1.54, 1.807) is 12.5 Å². The van der Waals surface area contributed by atoms with Gasteiger partial charge >= 0.3 is 0 Å². The molecule has 1 amide bonds. The van der Waals surface area contributed by atoms with Crippen LogP contribution in [0, 0.1) is 0 Å². The van der Waals surface area contributed by atoms with Crippen molar-refractivity contribution in [2.24, 2.45) is 5.73 Å². The van der Waals surface area contributed by atoms with Crippen molar-refractivity contribution in [3.63, 3.8) is 0 Å². The van der Waals surface area contributed by atoms with E-state index >= 15 is 0 Å². The molecule has 3 N–H and O–H groups in total. The van der Waals surface area contributed by atoms with Crippen LogP contribution >= 0.6 is 0 Å². The van der Waals surface area contributed by atoms with Crippen LogP contribution in [-0.2, 0) is 11.3 Å². The summed E-state index contributed by atoms with van der Waals surface area (Å²) >= 11 is 0. The van der Waals surface area contributed by atoms with Gasteiger partial charge in [-0.2, -0.15) is 0 Å². The molecule has 2 aromatic rings. The average molecular weight is 258 g/mol. The van der Waals surface area contributed by atoms with Gasteiger partial charge in [-0.3, -0.25) is 4.79 Å². The molecule has 0 aliphatic carbocycles. The highest BCUT2D eigenvalue weighted by Gasteiger charge is 2.08. The summed E-state index contributed by atoms with van der Waals surface area (Å²) < 4.78 is 4.93. The third-order valence-electron chi connectivity index (χ3n) is 2.98. The second-order valence-corrected chi connectivity index (χ2v) is 4.46. The molecular formula is C15H18N2O2. The molecule has 1 aromatic heterocycles. The van der Waals surface area contributed by atoms with E-state index < -0.39 is 0 Å². The summed E-state index contributed by atoms with van der Waals surface area (Å²) in [5, 5.41) is 2.84. The maximum Gasteiger partial charge on any atom is 0.220 e. The molecular weight excluding hydrogens is 240 g/mol. The van der Waals surface area contributed by atoms with Gasteiger partial charge in [0.25, 0.3) is 0 Å². The molecule has 100 valence electrons. The van der Waals surface area contributed by atoms with Crippen molar-refractivity contribution < 1.29 is 9.21 Å². The molecule has 4 heteroatoms. The summed E-state index contributed by atoms with van der Waals surface area (Å²) in [6.07, 6.45) is 4.28. The summed E-state index contributed by atoms with van der Waals surface area (Å²) in [4.78, 5) is 11.7. The van der Waals surface area contributed by atoms with E-state index in [-0.39, 0.29) is 11.9 Å². The zero-order chi connectivity index (χ0) is 13.5. The van der Waals surface area contributed by atoms with E-state index in [0.717, 1.165) is 11.1 Å². The summed E-state index contributed by atoms with van der Waals surface area (Å²) in [7, 11) is 0. The Kier molecular flexibility index (Phi) is 4.75. The molecule has 0 aliphatic heterocycles. The van der Waals surface area contributed by atoms with Gasteiger partial charge < -0.3 is 15.5 Å². The first-order valence-electron chi connectivity index (χ1n) is 6.34. The number of hydrogen-bond acceptors (Lipinski definition) is 3. The summed E-state index contributed by atoms with van der Waals surface area (Å²) in [5.41, 5.74) is 8.06. The Labute approximate surface area is 112 Å². The van der Waals surface area contributed by atoms with Gasteiger partial charge in [0.15, 0.2) is 0 Å². The first-order chi connectivity index (χ1) is 9.25. The van der Waals surface area contributed by atoms with Gasteiger partial charge in [0, 0.05) is 24.6 Å². The minimum Gasteiger partial charge on any atom is -0.472 e. The Hall–Kier alpha value is -2.07. The van der Waals surface area contributed by atoms with Crippen molar-refractivity contribution in [2.75, 3.05) is 0 Å². The predicted octanol–water partition coefficient (Wildman–Crippen LogP) is 2.38. The Morgan fingerprint density at radius 2 is 2.05 bits per heavy atom. The molecule has 1 unspecified atom stereocenters. The highest BCUT2D eigenvalue weighted by molar-refractivity contribution is 5.75. The number of nitrogens with two attached hydrogens (primary N) is 1. The molecule has 0 bridgehead atoms. The molecule has 4 nitrogen and oxygen atoms in total. The number of carbonyl (C=O) groups is 1. The molecule has 19 heavy (non-hydrogen) atoms. The normalized spacial score (nSPS) is 12.1. The largest absolute Gasteiger partial charge is 0.472 e. The number of amides is 1. The predicted molar refractivity (Wildman–Crippen MR) is 73.2 cm³/mol. The molecule has 0 spiro atoms. The Balaban J connectivity index is 1.71. The van der Waals surface area contributed by atoms with Crippen LogP contribution in [0.4, 0.5) is 0 Å². The van der Waals surface area contributed by atoms with Gasteiger partial charge in [0.2, 0.25) is 5.91 Å². The molecule has 0 fully saturated rings. The SMILES string of the molecule is NC(CCC(=O)NCc1ccoc1)c1ccccc1. The zero-order valence-electron chi connectivity index (χ0n) is 10.7. The van der Waals surface area contributed by atoms with Crippen molar-refractivity contribution in [3.05, 3.63) is 60.1 Å². The minimum atomic E-state index is -0.0964. The quantitative estimate of drug-likeness (QED) is 0.835. The van der Waals surface area contributed by atoms with E-state index in [1.807, 2.05) is 36.4 Å². The Bertz CT molecular complexity index is 494. The molecule has 0 saturated heterocycles. The third-order valence-corrected chi connectivity index (χ3v) is 2.98. The number of rotatable bonds is 6. The fourth-order valence-electron chi connectivity index (χ4n) is 1.84. The van der Waals surface area contributed by atoms with E-state index in [2.05, 4.69) is 5.32 Å². The smallest absolute Gasteiger partial charge is 0.220 e. The topological polar surface area (TPSA) is 68.3 Å². The first-order valence-corrected chi connectivity index (χ1v) is 6.34. The van der Waals surface area contributed by atoms with Crippen molar-refractivity contribution >= 4 is 5.91 Å². The van der Waals surface area contributed by atoms with Crippen LogP contribution in [-0.4, -0.2) is 5.91 Å². The summed E-state index contributed by atoms with van der Waals surface area (Å²) in [6.45, 7) is 0.496. The minimum absolute atomic E-state index is 0.00702. The second-order valence-electron chi connectivity index (χ2n) is 4.46. The molecule has 1 atom stereocenters. The van der Waals surface area contributed by atoms with E-state index in [1.165, 1.54) is 0 Å². The van der Waals surface area contributed by atoms with Crippen LogP contribution in [0.25, 0.3) is 0 Å². The van der Waals surface area contributed by atoms with Gasteiger partial charge in [-0.15, -0.1) is 0 Å². The van der Waals surface area contributed by atoms with Crippen molar-refractivity contribution in [1.29, 1.82) is 0 Å². The van der Waals surface area contributed by atoms with Gasteiger partial charge in [0.05, 0.1) is 12.5 Å². The van der Waals surface area contributed by atoms with Gasteiger partial charge in [-0.25, -0.2) is 0 Å². The average Bonchev–Trinajstić information content (AvgIpc) is 2.96. The van der Waals surface area contributed by atoms with Crippen LogP contribution in [0.3, 0.4) is 0 Å². The summed E-state index contributed by atoms with van der Waals surface area (Å²) in [5.74, 6) is 0.00702. The van der Waals surface area contributed by atoms with E-state index in [0.29, 0.717) is 19.4 Å². The van der Waals surface area contributed by atoms with Crippen LogP contribution < -0.4 is 11.1 Å². The van der Waals surface area contributed by atoms with E-state index in [9.17, 15) is 4.79 Å². The zero-order valence-corrected chi connectivity index (χ0v) is 10.7. The standard InChI is InChI=1S/C15H18N2O2/c16-14(13-4-2-1-3-5-13)6-7-15(18)17-10-12-8-9-19-11-12/h1-5,8-9,11,14H,6-7,10,16H2,(H,17,18). The number of furan rings is 1. The Morgan fingerprint density at radius 1 is 1.26 bits per heavy atom. The van der Waals surface area contributed by atoms with Crippen LogP contribution in [0.1, 0.15) is 30.0 Å². The fraction of sp³-hybridized carbons (Fsp3) is 0.267. The van der Waals surface area contributed by atoms with Crippen molar-refractivity contribution in [3.8, 4) is 0 Å². The second kappa shape index (κ2) is 6.75. The maximum atomic E-state index is 11.7. The number of benzene rings is 1. The number of hydrogen-bond donors (Lipinski definition) is 2. The molecule has 0 aliphatic rings. The highest BCUT2D eigenvalue weighted by Crippen LogP contribution is 2.14. The molecule has 0 saturated carbocycles. The summed E-state index contributed by atoms with van der Waals surface area (Å²) in [6, 6.07) is 11.6. The van der Waals surface area contributed by atoms with Gasteiger partial charge in [0.1, 0.15) is 0 Å². The lowest BCUT2D eigenvalue weighted by Crippen LogP contribution is -2.23. The van der Waals surface area contributed by atoms with Gasteiger partial charge in [-0.1, -0.05) is 30.3 Å². The lowest BCUT2D eigenvalue weighted by Gasteiger charge is -2.11. The molecule has 2 rings (SSSR count). The highest BCUT2D eigenvalue weighted by atomic mass is 16.3. The Morgan fingerprint density at radius 3 is 2.74 bits per heavy atom. The molecule has 1 heterocycles. The molecule has 1 aromatic carbocycles. The van der Waals surface area contributed by atoms with Crippen molar-refractivity contribution in [1.82, 2.24) is 5.32 Å². The van der Waals surface area contributed by atoms with Crippen LogP contribution in [0.15, 0.2) is 53.3 Å². The van der Waals surface area contributed by atoms with Crippen LogP contribution in [0.2, 0.25) is 0 Å². The number of nitrogens with one attached hydrogen (secondary N) is 1.